The van der Waals surface area contributed by atoms with Gasteiger partial charge in [-0.2, -0.15) is 0 Å². The third-order valence-corrected chi connectivity index (χ3v) is 5.15. The second kappa shape index (κ2) is 8.76. The first-order valence-electron chi connectivity index (χ1n) is 9.10. The Morgan fingerprint density at radius 3 is 2.61 bits per heavy atom. The molecule has 2 heterocycles. The molecule has 0 radical (unpaired) electrons. The molecule has 1 atom stereocenters. The summed E-state index contributed by atoms with van der Waals surface area (Å²) in [5.41, 5.74) is 1.24. The summed E-state index contributed by atoms with van der Waals surface area (Å²) in [5.74, 6) is -0.143. The molecule has 2 fully saturated rings. The van der Waals surface area contributed by atoms with Gasteiger partial charge < -0.3 is 4.74 Å². The number of piperidine rings is 1. The second-order valence-corrected chi connectivity index (χ2v) is 6.83. The molecule has 0 amide bonds. The van der Waals surface area contributed by atoms with Crippen molar-refractivity contribution in [2.45, 2.75) is 38.1 Å². The molecule has 1 aromatic carbocycles. The molecule has 0 saturated carbocycles. The molecule has 0 aliphatic carbocycles. The van der Waals surface area contributed by atoms with Gasteiger partial charge in [0.1, 0.15) is 5.82 Å². The molecule has 2 aliphatic heterocycles. The summed E-state index contributed by atoms with van der Waals surface area (Å²) >= 11 is 0. The number of nitrogens with zero attached hydrogens (tertiary/aromatic N) is 2. The van der Waals surface area contributed by atoms with Crippen LogP contribution >= 0.6 is 0 Å². The van der Waals surface area contributed by atoms with Gasteiger partial charge in [0.15, 0.2) is 0 Å². The first kappa shape index (κ1) is 16.9. The first-order valence-corrected chi connectivity index (χ1v) is 9.10. The molecule has 0 unspecified atom stereocenters. The standard InChI is InChI=1S/C19H29FN2O/c20-18-8-6-17(7-9-18)4-3-11-22-10-2-1-5-19(22)16-21-12-14-23-15-13-21/h6-9,19H,1-5,10-16H2/t19-/m1/s1. The van der Waals surface area contributed by atoms with Gasteiger partial charge in [-0.3, -0.25) is 9.80 Å². The number of benzene rings is 1. The van der Waals surface area contributed by atoms with Crippen LogP contribution in [-0.2, 0) is 11.2 Å². The van der Waals surface area contributed by atoms with E-state index < -0.39 is 0 Å². The van der Waals surface area contributed by atoms with Crippen molar-refractivity contribution in [1.29, 1.82) is 0 Å². The van der Waals surface area contributed by atoms with Crippen LogP contribution in [-0.4, -0.2) is 61.8 Å². The highest BCUT2D eigenvalue weighted by molar-refractivity contribution is 5.16. The average Bonchev–Trinajstić information content (AvgIpc) is 2.59. The van der Waals surface area contributed by atoms with Crippen LogP contribution < -0.4 is 0 Å². The second-order valence-electron chi connectivity index (χ2n) is 6.83. The minimum atomic E-state index is -0.143. The van der Waals surface area contributed by atoms with E-state index in [-0.39, 0.29) is 5.82 Å². The summed E-state index contributed by atoms with van der Waals surface area (Å²) in [7, 11) is 0. The van der Waals surface area contributed by atoms with Crippen LogP contribution in [0.15, 0.2) is 24.3 Å². The Morgan fingerprint density at radius 2 is 1.83 bits per heavy atom. The summed E-state index contributed by atoms with van der Waals surface area (Å²) in [4.78, 5) is 5.24. The van der Waals surface area contributed by atoms with E-state index in [4.69, 9.17) is 4.74 Å². The number of aryl methyl sites for hydroxylation is 1. The molecule has 0 N–H and O–H groups in total. The van der Waals surface area contributed by atoms with Crippen LogP contribution in [0.3, 0.4) is 0 Å². The highest BCUT2D eigenvalue weighted by Crippen LogP contribution is 2.19. The van der Waals surface area contributed by atoms with E-state index in [9.17, 15) is 4.39 Å². The van der Waals surface area contributed by atoms with E-state index in [0.29, 0.717) is 6.04 Å². The number of likely N-dealkylation sites (tertiary alicyclic amines) is 1. The maximum absolute atomic E-state index is 13.0. The molecule has 3 rings (SSSR count). The third-order valence-electron chi connectivity index (χ3n) is 5.15. The van der Waals surface area contributed by atoms with E-state index >= 15 is 0 Å². The zero-order chi connectivity index (χ0) is 15.9. The molecule has 23 heavy (non-hydrogen) atoms. The lowest BCUT2D eigenvalue weighted by Crippen LogP contribution is -2.49. The fourth-order valence-corrected chi connectivity index (χ4v) is 3.78. The van der Waals surface area contributed by atoms with Gasteiger partial charge in [0.2, 0.25) is 0 Å². The summed E-state index contributed by atoms with van der Waals surface area (Å²) in [5, 5.41) is 0. The zero-order valence-corrected chi connectivity index (χ0v) is 14.1. The van der Waals surface area contributed by atoms with E-state index in [1.165, 1.54) is 37.9 Å². The molecule has 1 aromatic rings. The number of morpholine rings is 1. The van der Waals surface area contributed by atoms with Crippen molar-refractivity contribution >= 4 is 0 Å². The lowest BCUT2D eigenvalue weighted by Gasteiger charge is -2.39. The fourth-order valence-electron chi connectivity index (χ4n) is 3.78. The minimum absolute atomic E-state index is 0.143. The minimum Gasteiger partial charge on any atom is -0.379 e. The van der Waals surface area contributed by atoms with Crippen LogP contribution in [0.5, 0.6) is 0 Å². The molecule has 0 spiro atoms. The van der Waals surface area contributed by atoms with Gasteiger partial charge in [0, 0.05) is 25.7 Å². The predicted octanol–water partition coefficient (Wildman–Crippen LogP) is 2.95. The lowest BCUT2D eigenvalue weighted by atomic mass is 10.0. The largest absolute Gasteiger partial charge is 0.379 e. The highest BCUT2D eigenvalue weighted by Gasteiger charge is 2.24. The number of rotatable bonds is 6. The Hall–Kier alpha value is -0.970. The van der Waals surface area contributed by atoms with Crippen LogP contribution in [0.1, 0.15) is 31.2 Å². The Labute approximate surface area is 139 Å². The van der Waals surface area contributed by atoms with Crippen molar-refractivity contribution in [3.05, 3.63) is 35.6 Å². The predicted molar refractivity (Wildman–Crippen MR) is 91.2 cm³/mol. The smallest absolute Gasteiger partial charge is 0.123 e. The first-order chi connectivity index (χ1) is 11.3. The Morgan fingerprint density at radius 1 is 1.04 bits per heavy atom. The maximum Gasteiger partial charge on any atom is 0.123 e. The molecule has 4 heteroatoms. The molecular weight excluding hydrogens is 291 g/mol. The van der Waals surface area contributed by atoms with Crippen molar-refractivity contribution in [1.82, 2.24) is 9.80 Å². The van der Waals surface area contributed by atoms with Gasteiger partial charge in [0.05, 0.1) is 13.2 Å². The number of hydrogen-bond donors (Lipinski definition) is 0. The number of hydrogen-bond acceptors (Lipinski definition) is 3. The molecule has 2 saturated heterocycles. The molecule has 2 aliphatic rings. The van der Waals surface area contributed by atoms with Gasteiger partial charge in [0.25, 0.3) is 0 Å². The molecule has 128 valence electrons. The van der Waals surface area contributed by atoms with Gasteiger partial charge in [-0.1, -0.05) is 18.6 Å². The van der Waals surface area contributed by atoms with Gasteiger partial charge in [-0.05, 0) is 56.5 Å². The fraction of sp³-hybridized carbons (Fsp3) is 0.684. The van der Waals surface area contributed by atoms with E-state index in [1.54, 1.807) is 12.1 Å². The van der Waals surface area contributed by atoms with E-state index in [0.717, 1.165) is 45.7 Å². The zero-order valence-electron chi connectivity index (χ0n) is 14.1. The summed E-state index contributed by atoms with van der Waals surface area (Å²) in [6.45, 7) is 7.53. The Balaban J connectivity index is 1.45. The van der Waals surface area contributed by atoms with Crippen LogP contribution in [0.4, 0.5) is 4.39 Å². The molecule has 0 aromatic heterocycles. The Kier molecular flexibility index (Phi) is 6.43. The summed E-state index contributed by atoms with van der Waals surface area (Å²) in [6, 6.07) is 7.66. The van der Waals surface area contributed by atoms with E-state index in [1.807, 2.05) is 12.1 Å². The highest BCUT2D eigenvalue weighted by atomic mass is 19.1. The third kappa shape index (κ3) is 5.27. The van der Waals surface area contributed by atoms with Crippen LogP contribution in [0.2, 0.25) is 0 Å². The van der Waals surface area contributed by atoms with Crippen molar-refractivity contribution in [3.8, 4) is 0 Å². The summed E-state index contributed by atoms with van der Waals surface area (Å²) in [6.07, 6.45) is 6.22. The maximum atomic E-state index is 13.0. The van der Waals surface area contributed by atoms with Crippen molar-refractivity contribution in [3.63, 3.8) is 0 Å². The Bertz CT molecular complexity index is 459. The average molecular weight is 320 g/mol. The van der Waals surface area contributed by atoms with Crippen molar-refractivity contribution < 1.29 is 9.13 Å². The summed E-state index contributed by atoms with van der Waals surface area (Å²) < 4.78 is 18.4. The quantitative estimate of drug-likeness (QED) is 0.801. The number of halogens is 1. The SMILES string of the molecule is Fc1ccc(CCCN2CCCC[C@@H]2CN2CCOCC2)cc1. The molecule has 3 nitrogen and oxygen atoms in total. The topological polar surface area (TPSA) is 15.7 Å². The van der Waals surface area contributed by atoms with Gasteiger partial charge in [-0.15, -0.1) is 0 Å². The van der Waals surface area contributed by atoms with Crippen molar-refractivity contribution in [2.24, 2.45) is 0 Å². The lowest BCUT2D eigenvalue weighted by molar-refractivity contribution is 0.0166. The monoisotopic (exact) mass is 320 g/mol. The van der Waals surface area contributed by atoms with Crippen LogP contribution in [0, 0.1) is 5.82 Å². The van der Waals surface area contributed by atoms with Gasteiger partial charge >= 0.3 is 0 Å². The van der Waals surface area contributed by atoms with Crippen molar-refractivity contribution in [2.75, 3.05) is 45.9 Å². The number of ether oxygens (including phenoxy) is 1. The molecule has 0 bridgehead atoms. The van der Waals surface area contributed by atoms with Gasteiger partial charge in [-0.25, -0.2) is 4.39 Å². The molecular formula is C19H29FN2O. The van der Waals surface area contributed by atoms with Crippen LogP contribution in [0.25, 0.3) is 0 Å². The van der Waals surface area contributed by atoms with E-state index in [2.05, 4.69) is 9.80 Å². The normalized spacial score (nSPS) is 24.0.